The maximum atomic E-state index is 6.30. The van der Waals surface area contributed by atoms with Gasteiger partial charge in [0.2, 0.25) is 0 Å². The fourth-order valence-electron chi connectivity index (χ4n) is 3.49. The van der Waals surface area contributed by atoms with Gasteiger partial charge in [0.25, 0.3) is 0 Å². The molecule has 1 aromatic heterocycles. The van der Waals surface area contributed by atoms with Gasteiger partial charge in [0, 0.05) is 10.9 Å². The quantitative estimate of drug-likeness (QED) is 0.901. The van der Waals surface area contributed by atoms with Crippen LogP contribution in [-0.4, -0.2) is 24.0 Å². The molecule has 0 aliphatic carbocycles. The number of thiophene rings is 1. The van der Waals surface area contributed by atoms with E-state index in [1.165, 1.54) is 37.2 Å². The van der Waals surface area contributed by atoms with Crippen molar-refractivity contribution in [3.05, 3.63) is 22.4 Å². The van der Waals surface area contributed by atoms with Crippen molar-refractivity contribution >= 4 is 11.3 Å². The molecule has 3 unspecified atom stereocenters. The molecular weight excluding hydrogens is 264 g/mol. The Balaban J connectivity index is 2.08. The first-order valence-electron chi connectivity index (χ1n) is 7.92. The summed E-state index contributed by atoms with van der Waals surface area (Å²) in [6.45, 7) is 11.7. The molecular formula is C17H30N2S. The van der Waals surface area contributed by atoms with Crippen LogP contribution in [0.3, 0.4) is 0 Å². The molecule has 20 heavy (non-hydrogen) atoms. The largest absolute Gasteiger partial charge is 0.326 e. The molecule has 114 valence electrons. The minimum Gasteiger partial charge on any atom is -0.326 e. The summed E-state index contributed by atoms with van der Waals surface area (Å²) < 4.78 is 0. The predicted octanol–water partition coefficient (Wildman–Crippen LogP) is 4.28. The second-order valence-electron chi connectivity index (χ2n) is 7.35. The lowest BCUT2D eigenvalue weighted by Gasteiger charge is -2.33. The minimum absolute atomic E-state index is 0.194. The lowest BCUT2D eigenvalue weighted by atomic mass is 9.77. The molecule has 0 radical (unpaired) electrons. The van der Waals surface area contributed by atoms with E-state index in [1.807, 2.05) is 11.3 Å². The molecule has 3 atom stereocenters. The van der Waals surface area contributed by atoms with E-state index in [-0.39, 0.29) is 6.04 Å². The average molecular weight is 295 g/mol. The van der Waals surface area contributed by atoms with Crippen molar-refractivity contribution < 1.29 is 0 Å². The highest BCUT2D eigenvalue weighted by Crippen LogP contribution is 2.37. The Morgan fingerprint density at radius 3 is 2.60 bits per heavy atom. The van der Waals surface area contributed by atoms with Gasteiger partial charge in [0.15, 0.2) is 0 Å². The maximum absolute atomic E-state index is 6.30. The standard InChI is InChI=1S/C17H30N2S/c1-13(18)16(15-8-6-12-20-15)19-10-5-7-14(9-11-19)17(2,3)4/h6,8,12-14,16H,5,7,9-11,18H2,1-4H3. The third-order valence-corrected chi connectivity index (χ3v) is 5.66. The van der Waals surface area contributed by atoms with E-state index >= 15 is 0 Å². The molecule has 2 heterocycles. The van der Waals surface area contributed by atoms with E-state index in [9.17, 15) is 0 Å². The normalized spacial score (nSPS) is 25.1. The van der Waals surface area contributed by atoms with E-state index < -0.39 is 0 Å². The highest BCUT2D eigenvalue weighted by molar-refractivity contribution is 7.10. The lowest BCUT2D eigenvalue weighted by molar-refractivity contribution is 0.170. The van der Waals surface area contributed by atoms with Crippen molar-refractivity contribution in [2.75, 3.05) is 13.1 Å². The smallest absolute Gasteiger partial charge is 0.0590 e. The van der Waals surface area contributed by atoms with Gasteiger partial charge in [0.05, 0.1) is 6.04 Å². The van der Waals surface area contributed by atoms with Crippen molar-refractivity contribution in [3.8, 4) is 0 Å². The Bertz CT molecular complexity index is 392. The van der Waals surface area contributed by atoms with Crippen LogP contribution in [-0.2, 0) is 0 Å². The highest BCUT2D eigenvalue weighted by Gasteiger charge is 2.31. The zero-order chi connectivity index (χ0) is 14.8. The zero-order valence-corrected chi connectivity index (χ0v) is 14.2. The fourth-order valence-corrected chi connectivity index (χ4v) is 4.47. The second-order valence-corrected chi connectivity index (χ2v) is 8.33. The van der Waals surface area contributed by atoms with Gasteiger partial charge in [-0.15, -0.1) is 11.3 Å². The summed E-state index contributed by atoms with van der Waals surface area (Å²) in [5.74, 6) is 0.838. The Morgan fingerprint density at radius 2 is 2.05 bits per heavy atom. The summed E-state index contributed by atoms with van der Waals surface area (Å²) in [7, 11) is 0. The van der Waals surface area contributed by atoms with Crippen LogP contribution in [0.1, 0.15) is 57.9 Å². The van der Waals surface area contributed by atoms with Gasteiger partial charge in [-0.3, -0.25) is 4.90 Å². The Kier molecular flexibility index (Phi) is 5.27. The second kappa shape index (κ2) is 6.59. The summed E-state index contributed by atoms with van der Waals surface area (Å²) in [6, 6.07) is 4.98. The number of likely N-dealkylation sites (tertiary alicyclic amines) is 1. The average Bonchev–Trinajstić information content (AvgIpc) is 2.72. The lowest BCUT2D eigenvalue weighted by Crippen LogP contribution is -2.39. The summed E-state index contributed by atoms with van der Waals surface area (Å²) in [5, 5.41) is 2.17. The molecule has 1 aromatic rings. The molecule has 0 amide bonds. The first-order chi connectivity index (χ1) is 9.39. The monoisotopic (exact) mass is 294 g/mol. The van der Waals surface area contributed by atoms with Crippen LogP contribution in [0.2, 0.25) is 0 Å². The van der Waals surface area contributed by atoms with Crippen LogP contribution >= 0.6 is 11.3 Å². The number of nitrogens with two attached hydrogens (primary N) is 1. The van der Waals surface area contributed by atoms with Gasteiger partial charge < -0.3 is 5.73 Å². The Hall–Kier alpha value is -0.380. The topological polar surface area (TPSA) is 29.3 Å². The molecule has 0 bridgehead atoms. The van der Waals surface area contributed by atoms with Crippen molar-refractivity contribution in [2.24, 2.45) is 17.1 Å². The van der Waals surface area contributed by atoms with Gasteiger partial charge in [-0.1, -0.05) is 26.8 Å². The number of hydrogen-bond donors (Lipinski definition) is 1. The van der Waals surface area contributed by atoms with E-state index in [0.29, 0.717) is 11.5 Å². The molecule has 0 spiro atoms. The van der Waals surface area contributed by atoms with Crippen LogP contribution < -0.4 is 5.73 Å². The summed E-state index contributed by atoms with van der Waals surface area (Å²) >= 11 is 1.84. The molecule has 0 saturated carbocycles. The van der Waals surface area contributed by atoms with E-state index in [1.54, 1.807) is 0 Å². The van der Waals surface area contributed by atoms with Crippen LogP contribution in [0.25, 0.3) is 0 Å². The molecule has 2 rings (SSSR count). The van der Waals surface area contributed by atoms with E-state index in [0.717, 1.165) is 5.92 Å². The van der Waals surface area contributed by atoms with Gasteiger partial charge in [-0.2, -0.15) is 0 Å². The van der Waals surface area contributed by atoms with Gasteiger partial charge in [0.1, 0.15) is 0 Å². The van der Waals surface area contributed by atoms with Crippen LogP contribution in [0.5, 0.6) is 0 Å². The van der Waals surface area contributed by atoms with Crippen molar-refractivity contribution in [2.45, 2.75) is 59.0 Å². The molecule has 1 saturated heterocycles. The molecule has 2 N–H and O–H groups in total. The summed E-state index contributed by atoms with van der Waals surface area (Å²) in [4.78, 5) is 4.05. The number of rotatable bonds is 3. The number of hydrogen-bond acceptors (Lipinski definition) is 3. The van der Waals surface area contributed by atoms with Gasteiger partial charge in [-0.05, 0) is 62.1 Å². The van der Waals surface area contributed by atoms with Crippen LogP contribution in [0.15, 0.2) is 17.5 Å². The van der Waals surface area contributed by atoms with Crippen LogP contribution in [0, 0.1) is 11.3 Å². The first kappa shape index (κ1) is 16.0. The minimum atomic E-state index is 0.194. The van der Waals surface area contributed by atoms with Crippen LogP contribution in [0.4, 0.5) is 0 Å². The maximum Gasteiger partial charge on any atom is 0.0590 e. The Morgan fingerprint density at radius 1 is 1.30 bits per heavy atom. The third kappa shape index (κ3) is 3.84. The predicted molar refractivity (Wildman–Crippen MR) is 89.1 cm³/mol. The van der Waals surface area contributed by atoms with Crippen molar-refractivity contribution in [1.29, 1.82) is 0 Å². The third-order valence-electron chi connectivity index (χ3n) is 4.71. The zero-order valence-electron chi connectivity index (χ0n) is 13.4. The first-order valence-corrected chi connectivity index (χ1v) is 8.80. The van der Waals surface area contributed by atoms with Crippen molar-refractivity contribution in [3.63, 3.8) is 0 Å². The summed E-state index contributed by atoms with van der Waals surface area (Å²) in [6.07, 6.45) is 3.96. The van der Waals surface area contributed by atoms with E-state index in [4.69, 9.17) is 5.73 Å². The van der Waals surface area contributed by atoms with Gasteiger partial charge >= 0.3 is 0 Å². The highest BCUT2D eigenvalue weighted by atomic mass is 32.1. The number of nitrogens with zero attached hydrogens (tertiary/aromatic N) is 1. The summed E-state index contributed by atoms with van der Waals surface area (Å²) in [5.41, 5.74) is 6.73. The molecule has 0 aromatic carbocycles. The SMILES string of the molecule is CC(N)C(c1cccs1)N1CCCC(C(C)(C)C)CC1. The van der Waals surface area contributed by atoms with Gasteiger partial charge in [-0.25, -0.2) is 0 Å². The van der Waals surface area contributed by atoms with Crippen molar-refractivity contribution in [1.82, 2.24) is 4.90 Å². The fraction of sp³-hybridized carbons (Fsp3) is 0.765. The molecule has 1 aliphatic heterocycles. The molecule has 1 aliphatic rings. The molecule has 2 nitrogen and oxygen atoms in total. The molecule has 1 fully saturated rings. The van der Waals surface area contributed by atoms with E-state index in [2.05, 4.69) is 50.1 Å². The Labute approximate surface area is 128 Å². The molecule has 3 heteroatoms.